The van der Waals surface area contributed by atoms with Crippen molar-refractivity contribution in [3.8, 4) is 5.75 Å². The van der Waals surface area contributed by atoms with E-state index in [2.05, 4.69) is 10.6 Å². The van der Waals surface area contributed by atoms with Crippen LogP contribution in [0.1, 0.15) is 24.1 Å². The first-order valence-corrected chi connectivity index (χ1v) is 14.7. The fourth-order valence-electron chi connectivity index (χ4n) is 4.58. The van der Waals surface area contributed by atoms with Gasteiger partial charge in [-0.3, -0.25) is 4.79 Å². The van der Waals surface area contributed by atoms with E-state index in [-0.39, 0.29) is 40.5 Å². The van der Waals surface area contributed by atoms with E-state index in [1.54, 1.807) is 7.11 Å². The monoisotopic (exact) mass is 588 g/mol. The molecule has 2 aliphatic rings. The summed E-state index contributed by atoms with van der Waals surface area (Å²) in [5.74, 6) is 0.955. The van der Waals surface area contributed by atoms with Gasteiger partial charge >= 0.3 is 6.03 Å². The molecule has 4 atom stereocenters. The number of nitrogens with zero attached hydrogens (tertiary/aromatic N) is 1. The molecule has 39 heavy (non-hydrogen) atoms. The van der Waals surface area contributed by atoms with Crippen LogP contribution >= 0.6 is 23.4 Å². The minimum atomic E-state index is -0.338. The number of alkyl halides is 1. The third-order valence-electron chi connectivity index (χ3n) is 6.49. The van der Waals surface area contributed by atoms with Crippen molar-refractivity contribution >= 4 is 35.3 Å². The van der Waals surface area contributed by atoms with E-state index in [1.807, 2.05) is 30.0 Å². The van der Waals surface area contributed by atoms with Crippen molar-refractivity contribution in [2.45, 2.75) is 36.2 Å². The zero-order valence-electron chi connectivity index (χ0n) is 22.7. The molecule has 2 aliphatic heterocycles. The normalized spacial score (nSPS) is 22.7. The van der Waals surface area contributed by atoms with E-state index in [1.165, 1.54) is 11.8 Å². The number of ether oxygens (including phenoxy) is 5. The molecule has 0 bridgehead atoms. The number of halogens is 1. The molecule has 3 rings (SSSR count). The molecule has 1 saturated heterocycles. The van der Waals surface area contributed by atoms with Crippen LogP contribution < -0.4 is 21.1 Å². The quantitative estimate of drug-likeness (QED) is 0.183. The lowest BCUT2D eigenvalue weighted by Crippen LogP contribution is -2.55. The summed E-state index contributed by atoms with van der Waals surface area (Å²) in [5, 5.41) is 4.81. The lowest BCUT2D eigenvalue weighted by molar-refractivity contribution is -0.135. The highest BCUT2D eigenvalue weighted by Crippen LogP contribution is 2.36. The Morgan fingerprint density at radius 3 is 2.44 bits per heavy atom. The molecule has 0 aliphatic carbocycles. The van der Waals surface area contributed by atoms with Gasteiger partial charge in [-0.25, -0.2) is 4.79 Å². The maximum absolute atomic E-state index is 13.5. The number of carbonyl (C=O) groups excluding carboxylic acids is 2. The lowest BCUT2D eigenvalue weighted by atomic mass is 9.88. The summed E-state index contributed by atoms with van der Waals surface area (Å²) in [6.45, 7) is 6.59. The number of carbonyl (C=O) groups is 2. The molecule has 0 saturated carbocycles. The number of nitrogens with one attached hydrogen (secondary N) is 2. The van der Waals surface area contributed by atoms with Crippen molar-refractivity contribution in [2.75, 3.05) is 78.8 Å². The van der Waals surface area contributed by atoms with Gasteiger partial charge in [0.25, 0.3) is 0 Å². The predicted molar refractivity (Wildman–Crippen MR) is 150 cm³/mol. The highest BCUT2D eigenvalue weighted by molar-refractivity contribution is 8.00. The van der Waals surface area contributed by atoms with Crippen molar-refractivity contribution < 1.29 is 33.3 Å². The van der Waals surface area contributed by atoms with Crippen molar-refractivity contribution in [3.05, 3.63) is 29.3 Å². The largest absolute Gasteiger partial charge is 0.497 e. The van der Waals surface area contributed by atoms with E-state index in [0.29, 0.717) is 72.4 Å². The summed E-state index contributed by atoms with van der Waals surface area (Å²) in [5.41, 5.74) is 7.60. The van der Waals surface area contributed by atoms with Gasteiger partial charge in [-0.15, -0.1) is 23.4 Å². The highest BCUT2D eigenvalue weighted by Gasteiger charge is 2.36. The topological polar surface area (TPSA) is 134 Å². The number of methoxy groups -OCH3 is 1. The fourth-order valence-corrected chi connectivity index (χ4v) is 5.91. The molecule has 2 heterocycles. The molecule has 4 N–H and O–H groups in total. The molecular weight excluding hydrogens is 548 g/mol. The van der Waals surface area contributed by atoms with Gasteiger partial charge in [-0.05, 0) is 36.6 Å². The van der Waals surface area contributed by atoms with Crippen LogP contribution in [0.25, 0.3) is 0 Å². The first kappa shape index (κ1) is 31.7. The summed E-state index contributed by atoms with van der Waals surface area (Å²) in [4.78, 5) is 27.1. The van der Waals surface area contributed by atoms with Crippen LogP contribution in [0.4, 0.5) is 4.79 Å². The number of fused-ring (bicyclic) bond motifs is 1. The number of rotatable bonds is 17. The van der Waals surface area contributed by atoms with Crippen LogP contribution in [0.15, 0.2) is 18.2 Å². The van der Waals surface area contributed by atoms with E-state index < -0.39 is 0 Å². The standard InChI is InChI=1S/C26H41ClN4O7S/c1-18-22-4-3-21(34-2)14-19(22)13-20(16-38-12-11-37-10-9-36-8-7-35-6-5-28)31(18)24(32)17-39-25-23(27)15-29-26(33)30-25/h3-4,14,18,20,23,25H,5-13,15-17,28H2,1-2H3,(H2,29,30,33)/t18-,20-,23?,25?/m1/s1. The van der Waals surface area contributed by atoms with Crippen molar-refractivity contribution in [1.82, 2.24) is 15.5 Å². The Hall–Kier alpha value is -1.80. The summed E-state index contributed by atoms with van der Waals surface area (Å²) < 4.78 is 27.7. The molecule has 13 heteroatoms. The molecule has 1 aromatic carbocycles. The number of benzene rings is 1. The summed E-state index contributed by atoms with van der Waals surface area (Å²) in [6, 6.07) is 5.40. The summed E-state index contributed by atoms with van der Waals surface area (Å²) in [6.07, 6.45) is 0.649. The summed E-state index contributed by atoms with van der Waals surface area (Å²) in [7, 11) is 1.64. The highest BCUT2D eigenvalue weighted by atomic mass is 35.5. The van der Waals surface area contributed by atoms with Crippen molar-refractivity contribution in [1.29, 1.82) is 0 Å². The minimum absolute atomic E-state index is 0.0249. The molecule has 2 unspecified atom stereocenters. The van der Waals surface area contributed by atoms with Crippen LogP contribution in [0, 0.1) is 0 Å². The van der Waals surface area contributed by atoms with E-state index >= 15 is 0 Å². The number of urea groups is 1. The first-order valence-electron chi connectivity index (χ1n) is 13.2. The number of thioether (sulfide) groups is 1. The molecular formula is C26H41ClN4O7S. The van der Waals surface area contributed by atoms with Crippen molar-refractivity contribution in [2.24, 2.45) is 5.73 Å². The Morgan fingerprint density at radius 2 is 1.77 bits per heavy atom. The Kier molecular flexibility index (Phi) is 13.9. The van der Waals surface area contributed by atoms with Gasteiger partial charge in [0, 0.05) is 13.1 Å². The third-order valence-corrected chi connectivity index (χ3v) is 8.26. The smallest absolute Gasteiger partial charge is 0.315 e. The van der Waals surface area contributed by atoms with Gasteiger partial charge in [0.2, 0.25) is 5.91 Å². The lowest BCUT2D eigenvalue weighted by Gasteiger charge is -2.42. The van der Waals surface area contributed by atoms with Crippen LogP contribution in [0.2, 0.25) is 0 Å². The fraction of sp³-hybridized carbons (Fsp3) is 0.692. The molecule has 3 amide bonds. The number of hydrogen-bond acceptors (Lipinski definition) is 9. The predicted octanol–water partition coefficient (Wildman–Crippen LogP) is 1.51. The van der Waals surface area contributed by atoms with Crippen LogP contribution in [0.3, 0.4) is 0 Å². The van der Waals surface area contributed by atoms with Gasteiger partial charge in [0.05, 0.1) is 88.6 Å². The van der Waals surface area contributed by atoms with Crippen LogP contribution in [-0.2, 0) is 30.2 Å². The first-order chi connectivity index (χ1) is 18.9. The average Bonchev–Trinajstić information content (AvgIpc) is 2.93. The van der Waals surface area contributed by atoms with E-state index in [9.17, 15) is 9.59 Å². The molecule has 0 spiro atoms. The minimum Gasteiger partial charge on any atom is -0.497 e. The Morgan fingerprint density at radius 1 is 1.10 bits per heavy atom. The van der Waals surface area contributed by atoms with Gasteiger partial charge in [0.15, 0.2) is 0 Å². The maximum Gasteiger partial charge on any atom is 0.315 e. The van der Waals surface area contributed by atoms with Gasteiger partial charge < -0.3 is 45.0 Å². The number of amides is 3. The Bertz CT molecular complexity index is 915. The van der Waals surface area contributed by atoms with Crippen LogP contribution in [0.5, 0.6) is 5.75 Å². The second-order valence-corrected chi connectivity index (χ2v) is 10.9. The van der Waals surface area contributed by atoms with E-state index in [0.717, 1.165) is 16.9 Å². The molecule has 1 fully saturated rings. The van der Waals surface area contributed by atoms with Crippen molar-refractivity contribution in [3.63, 3.8) is 0 Å². The second-order valence-electron chi connectivity index (χ2n) is 9.20. The average molecular weight is 589 g/mol. The Balaban J connectivity index is 1.50. The zero-order chi connectivity index (χ0) is 28.0. The van der Waals surface area contributed by atoms with Gasteiger partial charge in [-0.2, -0.15) is 0 Å². The molecule has 0 radical (unpaired) electrons. The second kappa shape index (κ2) is 17.1. The zero-order valence-corrected chi connectivity index (χ0v) is 24.3. The molecule has 11 nitrogen and oxygen atoms in total. The molecule has 1 aromatic rings. The van der Waals surface area contributed by atoms with Crippen LogP contribution in [-0.4, -0.2) is 112 Å². The summed E-state index contributed by atoms with van der Waals surface area (Å²) >= 11 is 7.70. The maximum atomic E-state index is 13.5. The molecule has 220 valence electrons. The number of nitrogens with two attached hydrogens (primary N) is 1. The SMILES string of the molecule is COc1ccc2c(c1)C[C@H](COCCOCCOCCOCCN)N(C(=O)CSC1NC(=O)NCC1Cl)[C@@H]2C. The van der Waals surface area contributed by atoms with E-state index in [4.69, 9.17) is 41.0 Å². The Labute approximate surface area is 239 Å². The third kappa shape index (κ3) is 9.96. The number of hydrogen-bond donors (Lipinski definition) is 3. The van der Waals surface area contributed by atoms with Gasteiger partial charge in [-0.1, -0.05) is 6.07 Å². The van der Waals surface area contributed by atoms with Gasteiger partial charge in [0.1, 0.15) is 5.75 Å². The molecule has 0 aromatic heterocycles.